The van der Waals surface area contributed by atoms with Gasteiger partial charge in [-0.15, -0.1) is 0 Å². The second-order valence-electron chi connectivity index (χ2n) is 7.35. The molecule has 0 atom stereocenters. The van der Waals surface area contributed by atoms with Gasteiger partial charge in [-0.1, -0.05) is 36.4 Å². The molecular formula is C26H21BrN2O5. The van der Waals surface area contributed by atoms with Gasteiger partial charge in [0, 0.05) is 6.54 Å². The summed E-state index contributed by atoms with van der Waals surface area (Å²) < 4.78 is 22.9. The van der Waals surface area contributed by atoms with E-state index in [1.165, 1.54) is 13.2 Å². The Labute approximate surface area is 205 Å². The lowest BCUT2D eigenvalue weighted by molar-refractivity contribution is -0.117. The van der Waals surface area contributed by atoms with Crippen LogP contribution < -0.4 is 24.3 Å². The van der Waals surface area contributed by atoms with Crippen molar-refractivity contribution in [1.82, 2.24) is 5.32 Å². The minimum absolute atomic E-state index is 0.0149. The molecule has 0 bridgehead atoms. The van der Waals surface area contributed by atoms with Crippen LogP contribution in [0.15, 0.2) is 70.7 Å². The molecule has 0 fully saturated rings. The summed E-state index contributed by atoms with van der Waals surface area (Å²) in [6.07, 6.45) is 1.51. The quantitative estimate of drug-likeness (QED) is 0.332. The zero-order chi connectivity index (χ0) is 23.9. The number of rotatable bonds is 8. The second kappa shape index (κ2) is 10.8. The van der Waals surface area contributed by atoms with Gasteiger partial charge in [0.1, 0.15) is 18.2 Å². The zero-order valence-corrected chi connectivity index (χ0v) is 19.9. The summed E-state index contributed by atoms with van der Waals surface area (Å²) in [6.45, 7) is 0.827. The number of methoxy groups -OCH3 is 1. The Morgan fingerprint density at radius 2 is 1.91 bits per heavy atom. The summed E-state index contributed by atoms with van der Waals surface area (Å²) in [5.74, 6) is 1.90. The normalized spacial score (nSPS) is 12.1. The molecule has 34 heavy (non-hydrogen) atoms. The first-order valence-electron chi connectivity index (χ1n) is 10.4. The predicted octanol–water partition coefficient (Wildman–Crippen LogP) is 4.99. The van der Waals surface area contributed by atoms with Crippen molar-refractivity contribution < 1.29 is 23.7 Å². The van der Waals surface area contributed by atoms with Gasteiger partial charge in [0.2, 0.25) is 6.79 Å². The van der Waals surface area contributed by atoms with Gasteiger partial charge in [0.05, 0.1) is 11.6 Å². The Balaban J connectivity index is 1.48. The smallest absolute Gasteiger partial charge is 0.262 e. The molecule has 4 rings (SSSR count). The van der Waals surface area contributed by atoms with Crippen molar-refractivity contribution >= 4 is 27.9 Å². The second-order valence-corrected chi connectivity index (χ2v) is 8.20. The summed E-state index contributed by atoms with van der Waals surface area (Å²) in [7, 11) is 1.53. The Morgan fingerprint density at radius 3 is 2.68 bits per heavy atom. The SMILES string of the molecule is COc1cc(/C=C(/C#N)C(=O)NCc2ccccc2)cc(Br)c1OCc1ccc2c(c1)OCO2. The number of carbonyl (C=O) groups excluding carboxylic acids is 1. The summed E-state index contributed by atoms with van der Waals surface area (Å²) >= 11 is 3.51. The highest BCUT2D eigenvalue weighted by molar-refractivity contribution is 9.10. The van der Waals surface area contributed by atoms with Crippen LogP contribution in [0.3, 0.4) is 0 Å². The number of ether oxygens (including phenoxy) is 4. The third-order valence-electron chi connectivity index (χ3n) is 5.04. The van der Waals surface area contributed by atoms with Crippen molar-refractivity contribution in [1.29, 1.82) is 5.26 Å². The summed E-state index contributed by atoms with van der Waals surface area (Å²) in [4.78, 5) is 12.5. The van der Waals surface area contributed by atoms with Gasteiger partial charge in [-0.05, 0) is 63.0 Å². The number of nitrogens with one attached hydrogen (secondary N) is 1. The fraction of sp³-hybridized carbons (Fsp3) is 0.154. The molecule has 1 aliphatic rings. The van der Waals surface area contributed by atoms with Crippen LogP contribution >= 0.6 is 15.9 Å². The largest absolute Gasteiger partial charge is 0.493 e. The first kappa shape index (κ1) is 23.2. The molecule has 7 nitrogen and oxygen atoms in total. The van der Waals surface area contributed by atoms with Crippen molar-refractivity contribution in [3.05, 3.63) is 87.4 Å². The number of hydrogen-bond acceptors (Lipinski definition) is 6. The van der Waals surface area contributed by atoms with Crippen LogP contribution in [0.2, 0.25) is 0 Å². The van der Waals surface area contributed by atoms with E-state index < -0.39 is 5.91 Å². The lowest BCUT2D eigenvalue weighted by atomic mass is 10.1. The van der Waals surface area contributed by atoms with Crippen LogP contribution in [-0.4, -0.2) is 19.8 Å². The maximum Gasteiger partial charge on any atom is 0.262 e. The molecule has 0 saturated carbocycles. The number of carbonyl (C=O) groups is 1. The number of nitriles is 1. The van der Waals surface area contributed by atoms with Crippen LogP contribution in [0.25, 0.3) is 6.08 Å². The minimum atomic E-state index is -0.454. The lowest BCUT2D eigenvalue weighted by Gasteiger charge is -2.14. The number of benzene rings is 3. The summed E-state index contributed by atoms with van der Waals surface area (Å²) in [5, 5.41) is 12.3. The van der Waals surface area contributed by atoms with Gasteiger partial charge in [-0.3, -0.25) is 4.79 Å². The Hall–Kier alpha value is -3.96. The molecule has 3 aromatic carbocycles. The molecule has 0 unspecified atom stereocenters. The van der Waals surface area contributed by atoms with Crippen LogP contribution in [-0.2, 0) is 17.9 Å². The average Bonchev–Trinajstić information content (AvgIpc) is 3.33. The van der Waals surface area contributed by atoms with Gasteiger partial charge < -0.3 is 24.3 Å². The van der Waals surface area contributed by atoms with E-state index in [9.17, 15) is 10.1 Å². The summed E-state index contributed by atoms with van der Waals surface area (Å²) in [5.41, 5.74) is 2.45. The van der Waals surface area contributed by atoms with Crippen molar-refractivity contribution in [2.24, 2.45) is 0 Å². The van der Waals surface area contributed by atoms with E-state index in [0.29, 0.717) is 39.6 Å². The topological polar surface area (TPSA) is 89.8 Å². The summed E-state index contributed by atoms with van der Waals surface area (Å²) in [6, 6.07) is 20.5. The first-order valence-corrected chi connectivity index (χ1v) is 11.2. The van der Waals surface area contributed by atoms with Gasteiger partial charge in [0.25, 0.3) is 5.91 Å². The maximum absolute atomic E-state index is 12.5. The van der Waals surface area contributed by atoms with Crippen LogP contribution in [0.5, 0.6) is 23.0 Å². The highest BCUT2D eigenvalue weighted by Gasteiger charge is 2.16. The molecule has 8 heteroatoms. The molecule has 172 valence electrons. The number of fused-ring (bicyclic) bond motifs is 1. The van der Waals surface area contributed by atoms with Crippen molar-refractivity contribution in [3.63, 3.8) is 0 Å². The van der Waals surface area contributed by atoms with Gasteiger partial charge in [-0.2, -0.15) is 5.26 Å². The van der Waals surface area contributed by atoms with Crippen LogP contribution in [0, 0.1) is 11.3 Å². The third kappa shape index (κ3) is 5.50. The number of amides is 1. The standard InChI is InChI=1S/C26H21BrN2O5/c1-31-24-12-19(9-20(13-28)26(30)29-14-17-5-3-2-4-6-17)10-21(27)25(24)32-15-18-7-8-22-23(11-18)34-16-33-22/h2-12H,14-16H2,1H3,(H,29,30)/b20-9-. The molecule has 1 N–H and O–H groups in total. The molecule has 1 aliphatic heterocycles. The third-order valence-corrected chi connectivity index (χ3v) is 5.63. The van der Waals surface area contributed by atoms with E-state index in [1.807, 2.05) is 54.6 Å². The molecule has 0 aliphatic carbocycles. The molecule has 0 aromatic heterocycles. The monoisotopic (exact) mass is 520 g/mol. The van der Waals surface area contributed by atoms with Crippen molar-refractivity contribution in [3.8, 4) is 29.1 Å². The fourth-order valence-electron chi connectivity index (χ4n) is 3.34. The van der Waals surface area contributed by atoms with E-state index in [4.69, 9.17) is 18.9 Å². The predicted molar refractivity (Wildman–Crippen MR) is 129 cm³/mol. The highest BCUT2D eigenvalue weighted by atomic mass is 79.9. The highest BCUT2D eigenvalue weighted by Crippen LogP contribution is 2.38. The first-order chi connectivity index (χ1) is 16.6. The number of halogens is 1. The van der Waals surface area contributed by atoms with Gasteiger partial charge in [-0.25, -0.2) is 0 Å². The maximum atomic E-state index is 12.5. The van der Waals surface area contributed by atoms with Crippen LogP contribution in [0.1, 0.15) is 16.7 Å². The Morgan fingerprint density at radius 1 is 1.12 bits per heavy atom. The minimum Gasteiger partial charge on any atom is -0.493 e. The van der Waals surface area contributed by atoms with E-state index in [0.717, 1.165) is 11.1 Å². The molecular weight excluding hydrogens is 500 g/mol. The molecule has 1 amide bonds. The Bertz CT molecular complexity index is 1270. The zero-order valence-electron chi connectivity index (χ0n) is 18.3. The van der Waals surface area contributed by atoms with Crippen molar-refractivity contribution in [2.75, 3.05) is 13.9 Å². The van der Waals surface area contributed by atoms with Crippen molar-refractivity contribution in [2.45, 2.75) is 13.2 Å². The Kier molecular flexibility index (Phi) is 7.35. The van der Waals surface area contributed by atoms with E-state index >= 15 is 0 Å². The molecule has 3 aromatic rings. The van der Waals surface area contributed by atoms with Gasteiger partial charge >= 0.3 is 0 Å². The van der Waals surface area contributed by atoms with Crippen LogP contribution in [0.4, 0.5) is 0 Å². The van der Waals surface area contributed by atoms with Gasteiger partial charge in [0.15, 0.2) is 23.0 Å². The van der Waals surface area contributed by atoms with E-state index in [1.54, 1.807) is 12.1 Å². The molecule has 1 heterocycles. The fourth-order valence-corrected chi connectivity index (χ4v) is 3.91. The molecule has 0 spiro atoms. The number of hydrogen-bond donors (Lipinski definition) is 1. The molecule has 0 saturated heterocycles. The van der Waals surface area contributed by atoms with E-state index in [-0.39, 0.29) is 19.0 Å². The molecule has 0 radical (unpaired) electrons. The lowest BCUT2D eigenvalue weighted by Crippen LogP contribution is -2.23. The average molecular weight is 521 g/mol. The van der Waals surface area contributed by atoms with E-state index in [2.05, 4.69) is 21.2 Å². The number of nitrogens with zero attached hydrogens (tertiary/aromatic N) is 1.